The maximum atomic E-state index is 10.9. The molecule has 0 aromatic rings. The number of allylic oxidation sites excluding steroid dienone is 4. The summed E-state index contributed by atoms with van der Waals surface area (Å²) >= 11 is 0. The van der Waals surface area contributed by atoms with Crippen LogP contribution in [0.2, 0.25) is 0 Å². The maximum absolute atomic E-state index is 10.9. The Hall–Kier alpha value is -0.850. The number of rotatable bonds is 1. The molecule has 2 rings (SSSR count). The minimum atomic E-state index is 0.261. The average Bonchev–Trinajstić information content (AvgIpc) is 2.15. The normalized spacial score (nSPS) is 33.8. The molecule has 0 N–H and O–H groups in total. The number of carbonyl (C=O) groups is 1. The third-order valence-corrected chi connectivity index (χ3v) is 3.90. The lowest BCUT2D eigenvalue weighted by atomic mass is 9.63. The van der Waals surface area contributed by atoms with Crippen LogP contribution in [0.3, 0.4) is 0 Å². The van der Waals surface area contributed by atoms with Gasteiger partial charge in [0, 0.05) is 0 Å². The molecule has 0 amide bonds. The molecule has 15 heavy (non-hydrogen) atoms. The van der Waals surface area contributed by atoms with Crippen LogP contribution in [0.5, 0.6) is 0 Å². The highest BCUT2D eigenvalue weighted by atomic mass is 16.1. The molecule has 2 atom stereocenters. The predicted molar refractivity (Wildman–Crippen MR) is 62.5 cm³/mol. The van der Waals surface area contributed by atoms with Crippen LogP contribution in [0.1, 0.15) is 40.0 Å². The zero-order chi connectivity index (χ0) is 11.1. The highest BCUT2D eigenvalue weighted by molar-refractivity contribution is 5.75. The lowest BCUT2D eigenvalue weighted by Crippen LogP contribution is -2.32. The first-order chi connectivity index (χ1) is 7.03. The predicted octanol–water partition coefficient (Wildman–Crippen LogP) is 3.51. The van der Waals surface area contributed by atoms with Gasteiger partial charge in [-0.25, -0.2) is 0 Å². The summed E-state index contributed by atoms with van der Waals surface area (Å²) in [5.41, 5.74) is 2.64. The Labute approximate surface area is 92.3 Å². The summed E-state index contributed by atoms with van der Waals surface area (Å²) in [5, 5.41) is 0. The molecule has 0 bridgehead atoms. The lowest BCUT2D eigenvalue weighted by Gasteiger charge is -2.42. The van der Waals surface area contributed by atoms with Gasteiger partial charge in [0.05, 0.1) is 0 Å². The van der Waals surface area contributed by atoms with Crippen molar-refractivity contribution in [3.05, 3.63) is 23.3 Å². The number of hydrogen-bond acceptors (Lipinski definition) is 1. The highest BCUT2D eigenvalue weighted by Gasteiger charge is 2.37. The van der Waals surface area contributed by atoms with E-state index in [0.717, 1.165) is 18.3 Å². The largest absolute Gasteiger partial charge is 0.298 e. The van der Waals surface area contributed by atoms with E-state index in [4.69, 9.17) is 0 Å². The van der Waals surface area contributed by atoms with Gasteiger partial charge in [-0.15, -0.1) is 0 Å². The molecule has 0 aliphatic heterocycles. The second kappa shape index (κ2) is 3.62. The third kappa shape index (κ3) is 1.92. The number of aldehydes is 1. The van der Waals surface area contributed by atoms with E-state index >= 15 is 0 Å². The molecule has 82 valence electrons. The van der Waals surface area contributed by atoms with Crippen molar-refractivity contribution in [2.75, 3.05) is 0 Å². The first kappa shape index (κ1) is 10.7. The van der Waals surface area contributed by atoms with E-state index in [1.54, 1.807) is 0 Å². The molecule has 0 aromatic heterocycles. The average molecular weight is 204 g/mol. The van der Waals surface area contributed by atoms with E-state index in [1.165, 1.54) is 18.4 Å². The molecule has 0 saturated carbocycles. The molecular weight excluding hydrogens is 184 g/mol. The topological polar surface area (TPSA) is 17.1 Å². The maximum Gasteiger partial charge on any atom is 0.146 e. The second-order valence-corrected chi connectivity index (χ2v) is 5.78. The highest BCUT2D eigenvalue weighted by Crippen LogP contribution is 2.47. The van der Waals surface area contributed by atoms with E-state index in [1.807, 2.05) is 0 Å². The van der Waals surface area contributed by atoms with E-state index in [0.29, 0.717) is 11.8 Å². The van der Waals surface area contributed by atoms with Crippen LogP contribution in [0.25, 0.3) is 0 Å². The van der Waals surface area contributed by atoms with Crippen LogP contribution < -0.4 is 0 Å². The Morgan fingerprint density at radius 3 is 2.80 bits per heavy atom. The van der Waals surface area contributed by atoms with Gasteiger partial charge in [-0.1, -0.05) is 32.9 Å². The van der Waals surface area contributed by atoms with Gasteiger partial charge in [0.2, 0.25) is 0 Å². The van der Waals surface area contributed by atoms with Crippen LogP contribution in [0.4, 0.5) is 0 Å². The number of carbonyl (C=O) groups excluding carboxylic acids is 1. The van der Waals surface area contributed by atoms with Gasteiger partial charge in [0.15, 0.2) is 0 Å². The Balaban J connectivity index is 2.40. The monoisotopic (exact) mass is 204 g/mol. The zero-order valence-electron chi connectivity index (χ0n) is 9.92. The fraction of sp³-hybridized carbons (Fsp3) is 0.643. The van der Waals surface area contributed by atoms with Crippen LogP contribution in [0.15, 0.2) is 23.3 Å². The quantitative estimate of drug-likeness (QED) is 0.597. The third-order valence-electron chi connectivity index (χ3n) is 3.90. The SMILES string of the molecule is CC1C=C2C=C(C=O)CC(C)(C)C2CC1. The molecule has 0 saturated heterocycles. The fourth-order valence-electron chi connectivity index (χ4n) is 3.10. The van der Waals surface area contributed by atoms with Crippen molar-refractivity contribution in [3.8, 4) is 0 Å². The molecule has 0 heterocycles. The molecular formula is C14H20O. The smallest absolute Gasteiger partial charge is 0.146 e. The second-order valence-electron chi connectivity index (χ2n) is 5.78. The fourth-order valence-corrected chi connectivity index (χ4v) is 3.10. The Morgan fingerprint density at radius 2 is 2.13 bits per heavy atom. The van der Waals surface area contributed by atoms with Gasteiger partial charge < -0.3 is 0 Å². The van der Waals surface area contributed by atoms with Crippen molar-refractivity contribution in [1.29, 1.82) is 0 Å². The molecule has 2 unspecified atom stereocenters. The van der Waals surface area contributed by atoms with Gasteiger partial charge in [0.1, 0.15) is 6.29 Å². The van der Waals surface area contributed by atoms with Crippen molar-refractivity contribution in [3.63, 3.8) is 0 Å². The molecule has 0 aromatic carbocycles. The number of fused-ring (bicyclic) bond motifs is 1. The van der Waals surface area contributed by atoms with E-state index in [9.17, 15) is 4.79 Å². The molecule has 0 radical (unpaired) electrons. The van der Waals surface area contributed by atoms with Crippen LogP contribution in [0, 0.1) is 17.3 Å². The van der Waals surface area contributed by atoms with Crippen molar-refractivity contribution in [2.24, 2.45) is 17.3 Å². The summed E-state index contributed by atoms with van der Waals surface area (Å²) in [7, 11) is 0. The van der Waals surface area contributed by atoms with Gasteiger partial charge in [-0.3, -0.25) is 4.79 Å². The lowest BCUT2D eigenvalue weighted by molar-refractivity contribution is -0.105. The Bertz CT molecular complexity index is 333. The van der Waals surface area contributed by atoms with E-state index in [2.05, 4.69) is 32.9 Å². The Kier molecular flexibility index (Phi) is 2.57. The van der Waals surface area contributed by atoms with Gasteiger partial charge >= 0.3 is 0 Å². The van der Waals surface area contributed by atoms with Crippen molar-refractivity contribution in [1.82, 2.24) is 0 Å². The van der Waals surface area contributed by atoms with Gasteiger partial charge in [-0.05, 0) is 47.7 Å². The standard InChI is InChI=1S/C14H20O/c1-10-4-5-13-12(6-10)7-11(9-15)8-14(13,2)3/h6-7,9-10,13H,4-5,8H2,1-3H3. The van der Waals surface area contributed by atoms with E-state index in [-0.39, 0.29) is 5.41 Å². The minimum absolute atomic E-state index is 0.261. The minimum Gasteiger partial charge on any atom is -0.298 e. The number of hydrogen-bond donors (Lipinski definition) is 0. The van der Waals surface area contributed by atoms with Gasteiger partial charge in [0.25, 0.3) is 0 Å². The zero-order valence-corrected chi connectivity index (χ0v) is 9.92. The first-order valence-electron chi connectivity index (χ1n) is 5.90. The molecule has 0 fully saturated rings. The summed E-state index contributed by atoms with van der Waals surface area (Å²) in [5.74, 6) is 1.34. The van der Waals surface area contributed by atoms with Crippen molar-refractivity contribution >= 4 is 6.29 Å². The molecule has 0 spiro atoms. The summed E-state index contributed by atoms with van der Waals surface area (Å²) in [6.07, 6.45) is 9.02. The molecule has 2 aliphatic rings. The van der Waals surface area contributed by atoms with Crippen LogP contribution in [-0.2, 0) is 4.79 Å². The summed E-state index contributed by atoms with van der Waals surface area (Å²) in [4.78, 5) is 10.9. The Morgan fingerprint density at radius 1 is 1.40 bits per heavy atom. The molecule has 1 nitrogen and oxygen atoms in total. The van der Waals surface area contributed by atoms with Crippen molar-refractivity contribution < 1.29 is 4.79 Å². The summed E-state index contributed by atoms with van der Waals surface area (Å²) in [6, 6.07) is 0. The van der Waals surface area contributed by atoms with Crippen LogP contribution >= 0.6 is 0 Å². The summed E-state index contributed by atoms with van der Waals surface area (Å²) in [6.45, 7) is 6.84. The van der Waals surface area contributed by atoms with Crippen LogP contribution in [-0.4, -0.2) is 6.29 Å². The molecule has 1 heteroatoms. The van der Waals surface area contributed by atoms with Gasteiger partial charge in [-0.2, -0.15) is 0 Å². The van der Waals surface area contributed by atoms with E-state index < -0.39 is 0 Å². The first-order valence-corrected chi connectivity index (χ1v) is 5.90. The van der Waals surface area contributed by atoms with Crippen molar-refractivity contribution in [2.45, 2.75) is 40.0 Å². The summed E-state index contributed by atoms with van der Waals surface area (Å²) < 4.78 is 0. The molecule has 2 aliphatic carbocycles.